The van der Waals surface area contributed by atoms with E-state index in [4.69, 9.17) is 14.7 Å². The molecular weight excluding hydrogens is 452 g/mol. The number of methoxy groups -OCH3 is 2. The zero-order chi connectivity index (χ0) is 25.1. The fraction of sp³-hybridized carbons (Fsp3) is 0.310. The number of likely N-dealkylation sites (tertiary alicyclic amines) is 1. The number of ether oxygens (including phenoxy) is 2. The molecular formula is C29H30N4O3. The first kappa shape index (κ1) is 23.7. The molecule has 2 aliphatic rings. The first-order chi connectivity index (χ1) is 17.5. The summed E-state index contributed by atoms with van der Waals surface area (Å²) in [7, 11) is 3.30. The van der Waals surface area contributed by atoms with E-state index < -0.39 is 0 Å². The Bertz CT molecular complexity index is 1270. The predicted molar refractivity (Wildman–Crippen MR) is 140 cm³/mol. The van der Waals surface area contributed by atoms with Gasteiger partial charge in [-0.25, -0.2) is 4.79 Å². The number of anilines is 2. The van der Waals surface area contributed by atoms with Crippen molar-refractivity contribution in [1.82, 2.24) is 4.90 Å². The second-order valence-electron chi connectivity index (χ2n) is 9.49. The summed E-state index contributed by atoms with van der Waals surface area (Å²) in [4.78, 5) is 17.7. The van der Waals surface area contributed by atoms with Crippen LogP contribution >= 0.6 is 0 Å². The molecule has 2 amide bonds. The number of carbonyl (C=O) groups excluding carboxylic acids is 1. The summed E-state index contributed by atoms with van der Waals surface area (Å²) in [5, 5.41) is 12.1. The van der Waals surface area contributed by atoms with E-state index in [1.807, 2.05) is 65.6 Å². The molecule has 0 saturated carbocycles. The standard InChI is InChI=1S/C29H30N4O3/c1-35-24-9-7-23(8-10-24)31-28(34)33-20-29(26-17-25(36-2)11-12-27(26)33)13-15-32(16-14-29)19-22-5-3-21(18-30)4-6-22/h3-12,17H,13-16,19-20H2,1-2H3,(H,31,34). The van der Waals surface area contributed by atoms with Crippen molar-refractivity contribution < 1.29 is 14.3 Å². The molecule has 36 heavy (non-hydrogen) atoms. The SMILES string of the molecule is COc1ccc(NC(=O)N2CC3(CCN(Cc4ccc(C#N)cc4)CC3)c3cc(OC)ccc32)cc1. The summed E-state index contributed by atoms with van der Waals surface area (Å²) in [5.74, 6) is 1.56. The first-order valence-electron chi connectivity index (χ1n) is 12.2. The molecule has 5 rings (SSSR count). The average Bonchev–Trinajstić information content (AvgIpc) is 3.24. The number of fused-ring (bicyclic) bond motifs is 2. The molecule has 1 N–H and O–H groups in total. The van der Waals surface area contributed by atoms with E-state index in [-0.39, 0.29) is 11.4 Å². The average molecular weight is 483 g/mol. The van der Waals surface area contributed by atoms with Crippen molar-refractivity contribution in [2.75, 3.05) is 44.1 Å². The molecule has 0 unspecified atom stereocenters. The summed E-state index contributed by atoms with van der Waals surface area (Å²) < 4.78 is 10.8. The van der Waals surface area contributed by atoms with Gasteiger partial charge in [-0.05, 0) is 91.7 Å². The van der Waals surface area contributed by atoms with Crippen molar-refractivity contribution in [3.05, 3.63) is 83.4 Å². The van der Waals surface area contributed by atoms with Crippen LogP contribution in [0.1, 0.15) is 29.5 Å². The third-order valence-corrected chi connectivity index (χ3v) is 7.42. The molecule has 3 aromatic carbocycles. The Hall–Kier alpha value is -4.02. The lowest BCUT2D eigenvalue weighted by Crippen LogP contribution is -2.46. The molecule has 7 heteroatoms. The lowest BCUT2D eigenvalue weighted by molar-refractivity contribution is 0.160. The number of carbonyl (C=O) groups is 1. The molecule has 184 valence electrons. The fourth-order valence-corrected chi connectivity index (χ4v) is 5.33. The van der Waals surface area contributed by atoms with Crippen LogP contribution < -0.4 is 19.7 Å². The Balaban J connectivity index is 1.33. The molecule has 2 heterocycles. The third kappa shape index (κ3) is 4.60. The maximum atomic E-state index is 13.4. The van der Waals surface area contributed by atoms with Gasteiger partial charge in [0, 0.05) is 29.9 Å². The second-order valence-corrected chi connectivity index (χ2v) is 9.49. The minimum atomic E-state index is -0.136. The van der Waals surface area contributed by atoms with Crippen molar-refractivity contribution in [2.24, 2.45) is 0 Å². The molecule has 0 atom stereocenters. The van der Waals surface area contributed by atoms with Crippen LogP contribution in [0.25, 0.3) is 0 Å². The Labute approximate surface area is 211 Å². The monoisotopic (exact) mass is 482 g/mol. The van der Waals surface area contributed by atoms with Crippen LogP contribution in [-0.4, -0.2) is 44.8 Å². The molecule has 3 aromatic rings. The van der Waals surface area contributed by atoms with Crippen LogP contribution in [0, 0.1) is 11.3 Å². The van der Waals surface area contributed by atoms with Gasteiger partial charge in [0.05, 0.1) is 25.9 Å². The number of nitriles is 1. The van der Waals surface area contributed by atoms with Gasteiger partial charge < -0.3 is 14.8 Å². The minimum Gasteiger partial charge on any atom is -0.497 e. The molecule has 2 aliphatic heterocycles. The number of nitrogens with zero attached hydrogens (tertiary/aromatic N) is 3. The zero-order valence-corrected chi connectivity index (χ0v) is 20.7. The van der Waals surface area contributed by atoms with Gasteiger partial charge in [0.15, 0.2) is 0 Å². The summed E-state index contributed by atoms with van der Waals surface area (Å²) >= 11 is 0. The summed E-state index contributed by atoms with van der Waals surface area (Å²) in [6, 6.07) is 23.2. The Morgan fingerprint density at radius 1 is 0.972 bits per heavy atom. The van der Waals surface area contributed by atoms with Gasteiger partial charge in [-0.15, -0.1) is 0 Å². The van der Waals surface area contributed by atoms with Crippen LogP contribution in [0.3, 0.4) is 0 Å². The zero-order valence-electron chi connectivity index (χ0n) is 20.7. The number of benzene rings is 3. The van der Waals surface area contributed by atoms with E-state index >= 15 is 0 Å². The maximum Gasteiger partial charge on any atom is 0.326 e. The van der Waals surface area contributed by atoms with Crippen molar-refractivity contribution >= 4 is 17.4 Å². The van der Waals surface area contributed by atoms with E-state index in [1.165, 1.54) is 11.1 Å². The van der Waals surface area contributed by atoms with Crippen molar-refractivity contribution in [3.63, 3.8) is 0 Å². The molecule has 1 saturated heterocycles. The number of rotatable bonds is 5. The minimum absolute atomic E-state index is 0.109. The maximum absolute atomic E-state index is 13.4. The highest BCUT2D eigenvalue weighted by Gasteiger charge is 2.46. The summed E-state index contributed by atoms with van der Waals surface area (Å²) in [6.07, 6.45) is 1.91. The van der Waals surface area contributed by atoms with Gasteiger partial charge in [-0.3, -0.25) is 9.80 Å². The third-order valence-electron chi connectivity index (χ3n) is 7.42. The molecule has 7 nitrogen and oxygen atoms in total. The molecule has 0 bridgehead atoms. The number of hydrogen-bond donors (Lipinski definition) is 1. The van der Waals surface area contributed by atoms with Crippen molar-refractivity contribution in [3.8, 4) is 17.6 Å². The number of amides is 2. The van der Waals surface area contributed by atoms with Crippen LogP contribution in [0.2, 0.25) is 0 Å². The van der Waals surface area contributed by atoms with Gasteiger partial charge in [-0.2, -0.15) is 5.26 Å². The van der Waals surface area contributed by atoms with Gasteiger partial charge in [0.25, 0.3) is 0 Å². The van der Waals surface area contributed by atoms with E-state index in [0.29, 0.717) is 12.1 Å². The normalized spacial score (nSPS) is 16.3. The number of nitrogens with one attached hydrogen (secondary N) is 1. The van der Waals surface area contributed by atoms with Gasteiger partial charge >= 0.3 is 6.03 Å². The first-order valence-corrected chi connectivity index (χ1v) is 12.2. The van der Waals surface area contributed by atoms with Crippen molar-refractivity contribution in [2.45, 2.75) is 24.8 Å². The number of piperidine rings is 1. The lowest BCUT2D eigenvalue weighted by Gasteiger charge is -2.40. The fourth-order valence-electron chi connectivity index (χ4n) is 5.33. The number of hydrogen-bond acceptors (Lipinski definition) is 5. The number of urea groups is 1. The van der Waals surface area contributed by atoms with Crippen LogP contribution in [0.4, 0.5) is 16.2 Å². The molecule has 0 radical (unpaired) electrons. The molecule has 0 aliphatic carbocycles. The van der Waals surface area contributed by atoms with Crippen molar-refractivity contribution in [1.29, 1.82) is 5.26 Å². The predicted octanol–water partition coefficient (Wildman–Crippen LogP) is 5.16. The highest BCUT2D eigenvalue weighted by atomic mass is 16.5. The largest absolute Gasteiger partial charge is 0.497 e. The van der Waals surface area contributed by atoms with E-state index in [9.17, 15) is 4.79 Å². The van der Waals surface area contributed by atoms with E-state index in [2.05, 4.69) is 22.4 Å². The Kier molecular flexibility index (Phi) is 6.53. The molecule has 1 spiro atoms. The van der Waals surface area contributed by atoms with Crippen LogP contribution in [0.5, 0.6) is 11.5 Å². The second kappa shape index (κ2) is 9.92. The van der Waals surface area contributed by atoms with Gasteiger partial charge in [-0.1, -0.05) is 12.1 Å². The smallest absolute Gasteiger partial charge is 0.326 e. The van der Waals surface area contributed by atoms with E-state index in [0.717, 1.165) is 55.3 Å². The quantitative estimate of drug-likeness (QED) is 0.543. The highest BCUT2D eigenvalue weighted by Crippen LogP contribution is 2.48. The van der Waals surface area contributed by atoms with Crippen LogP contribution in [0.15, 0.2) is 66.7 Å². The highest BCUT2D eigenvalue weighted by molar-refractivity contribution is 6.03. The lowest BCUT2D eigenvalue weighted by atomic mass is 9.74. The summed E-state index contributed by atoms with van der Waals surface area (Å²) in [6.45, 7) is 3.37. The Morgan fingerprint density at radius 3 is 2.28 bits per heavy atom. The van der Waals surface area contributed by atoms with Crippen LogP contribution in [-0.2, 0) is 12.0 Å². The van der Waals surface area contributed by atoms with Gasteiger partial charge in [0.2, 0.25) is 0 Å². The molecule has 0 aromatic heterocycles. The topological polar surface area (TPSA) is 77.8 Å². The Morgan fingerprint density at radius 2 is 1.64 bits per heavy atom. The van der Waals surface area contributed by atoms with Gasteiger partial charge in [0.1, 0.15) is 11.5 Å². The summed E-state index contributed by atoms with van der Waals surface area (Å²) in [5.41, 5.74) is 4.64. The molecule has 1 fully saturated rings. The van der Waals surface area contributed by atoms with E-state index in [1.54, 1.807) is 14.2 Å².